The van der Waals surface area contributed by atoms with Crippen molar-refractivity contribution in [1.29, 1.82) is 10.8 Å². The number of thioether (sulfide) groups is 1. The number of pyridine rings is 2. The molecule has 0 spiro atoms. The van der Waals surface area contributed by atoms with Crippen LogP contribution in [-0.4, -0.2) is 31.5 Å². The smallest absolute Gasteiger partial charge is 0.243 e. The molecule has 9 heteroatoms. The number of hydrogen-bond acceptors (Lipinski definition) is 8. The van der Waals surface area contributed by atoms with E-state index in [1.54, 1.807) is 17.0 Å². The first kappa shape index (κ1) is 21.3. The van der Waals surface area contributed by atoms with E-state index in [9.17, 15) is 5.41 Å². The Balaban J connectivity index is 1.44. The average molecular weight is 495 g/mol. The monoisotopic (exact) mass is 494 g/mol. The summed E-state index contributed by atoms with van der Waals surface area (Å²) in [7, 11) is 0. The molecule has 7 rings (SSSR count). The average Bonchev–Trinajstić information content (AvgIpc) is 3.17. The van der Waals surface area contributed by atoms with Crippen LogP contribution >= 0.6 is 11.8 Å². The highest BCUT2D eigenvalue weighted by molar-refractivity contribution is 8.14. The van der Waals surface area contributed by atoms with Crippen molar-refractivity contribution in [2.75, 3.05) is 6.61 Å². The standard InChI is InChI=1S/C27H22N6O2S/c1-15-5-7-16(8-6-15)24-31-25(35-32-24)27-10-12-34-21-4-2-3-17-20-14-30-11-9-18(20)23(28)33(26(29)36-27)22(17)19(21)13-27/h2-9,11,14,19,28-29H,10,12-13H2,1H3. The van der Waals surface area contributed by atoms with Gasteiger partial charge in [-0.1, -0.05) is 58.9 Å². The van der Waals surface area contributed by atoms with E-state index < -0.39 is 4.75 Å². The summed E-state index contributed by atoms with van der Waals surface area (Å²) in [6.45, 7) is 2.51. The summed E-state index contributed by atoms with van der Waals surface area (Å²) in [5.41, 5.74) is 4.15. The first-order chi connectivity index (χ1) is 17.5. The van der Waals surface area contributed by atoms with Crippen LogP contribution in [0.2, 0.25) is 0 Å². The van der Waals surface area contributed by atoms with Crippen LogP contribution < -0.4 is 5.49 Å². The van der Waals surface area contributed by atoms with Gasteiger partial charge in [0.05, 0.1) is 12.5 Å². The van der Waals surface area contributed by atoms with Gasteiger partial charge in [-0.2, -0.15) is 4.98 Å². The second-order valence-corrected chi connectivity index (χ2v) is 10.8. The summed E-state index contributed by atoms with van der Waals surface area (Å²) < 4.78 is 13.3. The molecule has 3 aliphatic rings. The van der Waals surface area contributed by atoms with Crippen molar-refractivity contribution in [3.05, 3.63) is 88.8 Å². The normalized spacial score (nSPS) is 22.4. The van der Waals surface area contributed by atoms with Crippen LogP contribution in [0.3, 0.4) is 0 Å². The minimum Gasteiger partial charge on any atom is -0.497 e. The lowest BCUT2D eigenvalue weighted by Gasteiger charge is -2.26. The molecule has 8 nitrogen and oxygen atoms in total. The number of hydrogen-bond donors (Lipinski definition) is 2. The summed E-state index contributed by atoms with van der Waals surface area (Å²) in [6.07, 6.45) is 10.7. The number of ether oxygens (including phenoxy) is 1. The van der Waals surface area contributed by atoms with Crippen LogP contribution in [0.4, 0.5) is 0 Å². The van der Waals surface area contributed by atoms with Crippen LogP contribution in [0.1, 0.15) is 41.5 Å². The maximum Gasteiger partial charge on any atom is 0.243 e. The van der Waals surface area contributed by atoms with E-state index in [2.05, 4.69) is 10.1 Å². The Morgan fingerprint density at radius 3 is 2.86 bits per heavy atom. The first-order valence-electron chi connectivity index (χ1n) is 11.8. The molecule has 5 heterocycles. The van der Waals surface area contributed by atoms with Crippen molar-refractivity contribution in [1.82, 2.24) is 19.7 Å². The minimum absolute atomic E-state index is 0.184. The Bertz CT molecular complexity index is 1680. The van der Waals surface area contributed by atoms with Crippen molar-refractivity contribution in [2.45, 2.75) is 30.4 Å². The number of aryl methyl sites for hydroxylation is 1. The van der Waals surface area contributed by atoms with E-state index >= 15 is 0 Å². The Morgan fingerprint density at radius 1 is 1.14 bits per heavy atom. The van der Waals surface area contributed by atoms with Gasteiger partial charge in [0, 0.05) is 46.4 Å². The van der Waals surface area contributed by atoms with Gasteiger partial charge >= 0.3 is 0 Å². The van der Waals surface area contributed by atoms with Crippen molar-refractivity contribution in [3.8, 4) is 11.4 Å². The molecule has 1 fully saturated rings. The van der Waals surface area contributed by atoms with Gasteiger partial charge in [-0.15, -0.1) is 0 Å². The van der Waals surface area contributed by atoms with Crippen LogP contribution in [0.25, 0.3) is 28.2 Å². The lowest BCUT2D eigenvalue weighted by atomic mass is 9.86. The fourth-order valence-corrected chi connectivity index (χ4v) is 6.69. The SMILES string of the molecule is Cc1ccc(-c2noc(C34CCOC5=CC=Cc6c(n(c(=N)c7ccncc67)C(=N)S3)C5C4)n2)cc1. The van der Waals surface area contributed by atoms with Gasteiger partial charge in [-0.3, -0.25) is 20.4 Å². The van der Waals surface area contributed by atoms with Crippen molar-refractivity contribution >= 4 is 33.8 Å². The molecule has 4 aromatic rings. The number of allylic oxidation sites excluding steroid dienone is 3. The van der Waals surface area contributed by atoms with Crippen LogP contribution in [0, 0.1) is 17.7 Å². The molecule has 0 amide bonds. The number of nitrogens with one attached hydrogen (secondary N) is 2. The van der Waals surface area contributed by atoms with E-state index in [0.717, 1.165) is 38.9 Å². The maximum absolute atomic E-state index is 9.19. The third kappa shape index (κ3) is 3.05. The summed E-state index contributed by atoms with van der Waals surface area (Å²) in [5.74, 6) is 1.67. The zero-order valence-electron chi connectivity index (χ0n) is 19.5. The molecule has 2 atom stereocenters. The maximum atomic E-state index is 9.19. The van der Waals surface area contributed by atoms with Crippen molar-refractivity contribution in [3.63, 3.8) is 0 Å². The molecule has 2 unspecified atom stereocenters. The fraction of sp³-hybridized carbons (Fsp3) is 0.222. The zero-order chi connectivity index (χ0) is 24.4. The molecular formula is C27H22N6O2S. The van der Waals surface area contributed by atoms with E-state index in [-0.39, 0.29) is 16.6 Å². The van der Waals surface area contributed by atoms with Crippen molar-refractivity contribution < 1.29 is 9.26 Å². The minimum atomic E-state index is -0.669. The Kier molecular flexibility index (Phi) is 4.59. The van der Waals surface area contributed by atoms with Gasteiger partial charge in [0.25, 0.3) is 0 Å². The van der Waals surface area contributed by atoms with Gasteiger partial charge in [0.2, 0.25) is 11.7 Å². The second-order valence-electron chi connectivity index (χ2n) is 9.38. The van der Waals surface area contributed by atoms with E-state index in [4.69, 9.17) is 19.7 Å². The fourth-order valence-electron chi connectivity index (χ4n) is 5.44. The summed E-state index contributed by atoms with van der Waals surface area (Å²) >= 11 is 1.38. The number of rotatable bonds is 2. The molecule has 36 heavy (non-hydrogen) atoms. The summed E-state index contributed by atoms with van der Waals surface area (Å²) in [6, 6.07) is 9.87. The molecular weight excluding hydrogens is 472 g/mol. The quantitative estimate of drug-likeness (QED) is 0.401. The number of benzene rings is 1. The molecule has 1 saturated heterocycles. The Hall–Kier alpha value is -3.98. The van der Waals surface area contributed by atoms with E-state index in [1.165, 1.54) is 11.8 Å². The molecule has 1 aromatic carbocycles. The third-order valence-corrected chi connectivity index (χ3v) is 8.54. The predicted octanol–water partition coefficient (Wildman–Crippen LogP) is 5.10. The topological polar surface area (TPSA) is 114 Å². The van der Waals surface area contributed by atoms with Gasteiger partial charge < -0.3 is 9.26 Å². The largest absolute Gasteiger partial charge is 0.497 e. The highest BCUT2D eigenvalue weighted by atomic mass is 32.2. The Labute approximate surface area is 210 Å². The molecule has 1 aliphatic carbocycles. The third-order valence-electron chi connectivity index (χ3n) is 7.23. The molecule has 0 saturated carbocycles. The van der Waals surface area contributed by atoms with Crippen LogP contribution in [-0.2, 0) is 9.48 Å². The molecule has 2 N–H and O–H groups in total. The summed E-state index contributed by atoms with van der Waals surface area (Å²) in [5, 5.41) is 24.5. The molecule has 0 radical (unpaired) electrons. The van der Waals surface area contributed by atoms with Crippen LogP contribution in [0.15, 0.2) is 65.2 Å². The van der Waals surface area contributed by atoms with E-state index in [0.29, 0.717) is 31.2 Å². The van der Waals surface area contributed by atoms with Gasteiger partial charge in [-0.05, 0) is 25.5 Å². The van der Waals surface area contributed by atoms with Crippen molar-refractivity contribution in [2.24, 2.45) is 0 Å². The number of aromatic nitrogens is 4. The molecule has 2 aliphatic heterocycles. The summed E-state index contributed by atoms with van der Waals surface area (Å²) in [4.78, 5) is 9.17. The second kappa shape index (κ2) is 7.76. The first-order valence-corrected chi connectivity index (χ1v) is 12.6. The lowest BCUT2D eigenvalue weighted by molar-refractivity contribution is 0.199. The lowest BCUT2D eigenvalue weighted by Crippen LogP contribution is -2.31. The molecule has 3 aromatic heterocycles. The van der Waals surface area contributed by atoms with E-state index in [1.807, 2.05) is 55.5 Å². The number of fused-ring (bicyclic) bond motifs is 3. The van der Waals surface area contributed by atoms with Gasteiger partial charge in [0.1, 0.15) is 16.0 Å². The highest BCUT2D eigenvalue weighted by Crippen LogP contribution is 2.54. The zero-order valence-corrected chi connectivity index (χ0v) is 20.3. The Morgan fingerprint density at radius 2 is 2.00 bits per heavy atom. The molecule has 178 valence electrons. The molecule has 2 bridgehead atoms. The van der Waals surface area contributed by atoms with Gasteiger partial charge in [0.15, 0.2) is 5.17 Å². The highest BCUT2D eigenvalue weighted by Gasteiger charge is 2.49. The van der Waals surface area contributed by atoms with Gasteiger partial charge in [-0.25, -0.2) is 0 Å². The van der Waals surface area contributed by atoms with Crippen LogP contribution in [0.5, 0.6) is 0 Å². The predicted molar refractivity (Wildman–Crippen MR) is 137 cm³/mol. The number of nitrogens with zero attached hydrogens (tertiary/aromatic N) is 4.